The molecule has 0 bridgehead atoms. The summed E-state index contributed by atoms with van der Waals surface area (Å²) in [6.45, 7) is 3.72. The van der Waals surface area contributed by atoms with E-state index in [-0.39, 0.29) is 12.3 Å². The van der Waals surface area contributed by atoms with Gasteiger partial charge in [-0.1, -0.05) is 18.2 Å². The molecule has 1 aliphatic heterocycles. The molecule has 5 nitrogen and oxygen atoms in total. The maximum atomic E-state index is 12.9. The van der Waals surface area contributed by atoms with Crippen molar-refractivity contribution in [3.63, 3.8) is 0 Å². The summed E-state index contributed by atoms with van der Waals surface area (Å²) in [5, 5.41) is 4.07. The lowest BCUT2D eigenvalue weighted by Gasteiger charge is -2.27. The Bertz CT molecular complexity index is 1090. The molecule has 32 heavy (non-hydrogen) atoms. The van der Waals surface area contributed by atoms with Crippen LogP contribution in [0.1, 0.15) is 51.4 Å². The molecule has 2 aromatic heterocycles. The number of anilines is 2. The van der Waals surface area contributed by atoms with Crippen LogP contribution in [-0.4, -0.2) is 29.0 Å². The standard InChI is InChI=1S/C23H23F3N4OS/c1-15-22(32-20(28-15)13-16-6-5-7-18(12-16)23(24,25)26)29-21(31)17-8-9-19(27-14-17)30-10-3-2-4-11-30/h5-9,12,14H,2-4,10-11,13H2,1H3,(H,29,31). The third kappa shape index (κ3) is 5.27. The average molecular weight is 461 g/mol. The Kier molecular flexibility index (Phi) is 6.45. The van der Waals surface area contributed by atoms with Crippen molar-refractivity contribution >= 4 is 28.1 Å². The van der Waals surface area contributed by atoms with E-state index in [1.807, 2.05) is 6.07 Å². The number of hydrogen-bond donors (Lipinski definition) is 1. The zero-order valence-corrected chi connectivity index (χ0v) is 18.4. The van der Waals surface area contributed by atoms with Crippen molar-refractivity contribution in [2.24, 2.45) is 0 Å². The zero-order valence-electron chi connectivity index (χ0n) is 17.6. The van der Waals surface area contributed by atoms with Crippen LogP contribution in [0.3, 0.4) is 0 Å². The highest BCUT2D eigenvalue weighted by atomic mass is 32.1. The first-order chi connectivity index (χ1) is 15.3. The second kappa shape index (κ2) is 9.28. The van der Waals surface area contributed by atoms with E-state index in [0.717, 1.165) is 43.9 Å². The topological polar surface area (TPSA) is 58.1 Å². The highest BCUT2D eigenvalue weighted by molar-refractivity contribution is 7.16. The molecule has 1 amide bonds. The molecular weight excluding hydrogens is 437 g/mol. The van der Waals surface area contributed by atoms with Gasteiger partial charge in [0.15, 0.2) is 0 Å². The van der Waals surface area contributed by atoms with E-state index < -0.39 is 11.7 Å². The lowest BCUT2D eigenvalue weighted by atomic mass is 10.1. The molecule has 9 heteroatoms. The number of amides is 1. The number of thiazole rings is 1. The van der Waals surface area contributed by atoms with Crippen LogP contribution in [0, 0.1) is 6.92 Å². The number of carbonyl (C=O) groups excluding carboxylic acids is 1. The number of halogens is 3. The first-order valence-corrected chi connectivity index (χ1v) is 11.3. The summed E-state index contributed by atoms with van der Waals surface area (Å²) in [7, 11) is 0. The minimum Gasteiger partial charge on any atom is -0.357 e. The number of alkyl halides is 3. The molecule has 1 N–H and O–H groups in total. The minimum absolute atomic E-state index is 0.261. The van der Waals surface area contributed by atoms with Crippen molar-refractivity contribution in [1.82, 2.24) is 9.97 Å². The van der Waals surface area contributed by atoms with E-state index in [1.54, 1.807) is 25.3 Å². The van der Waals surface area contributed by atoms with E-state index >= 15 is 0 Å². The van der Waals surface area contributed by atoms with Gasteiger partial charge in [-0.15, -0.1) is 11.3 Å². The van der Waals surface area contributed by atoms with Crippen molar-refractivity contribution in [2.75, 3.05) is 23.3 Å². The lowest BCUT2D eigenvalue weighted by Crippen LogP contribution is -2.30. The van der Waals surface area contributed by atoms with E-state index in [1.165, 1.54) is 23.8 Å². The molecule has 1 aromatic carbocycles. The molecular formula is C23H23F3N4OS. The quantitative estimate of drug-likeness (QED) is 0.531. The normalized spacial score (nSPS) is 14.4. The SMILES string of the molecule is Cc1nc(Cc2cccc(C(F)(F)F)c2)sc1NC(=O)c1ccc(N2CCCCC2)nc1. The Labute approximate surface area is 188 Å². The third-order valence-electron chi connectivity index (χ3n) is 5.37. The van der Waals surface area contributed by atoms with Gasteiger partial charge < -0.3 is 10.2 Å². The molecule has 1 fully saturated rings. The first kappa shape index (κ1) is 22.3. The van der Waals surface area contributed by atoms with Gasteiger partial charge >= 0.3 is 6.18 Å². The Hall–Kier alpha value is -2.94. The van der Waals surface area contributed by atoms with E-state index in [0.29, 0.717) is 26.8 Å². The third-order valence-corrected chi connectivity index (χ3v) is 6.44. The van der Waals surface area contributed by atoms with Crippen LogP contribution in [0.25, 0.3) is 0 Å². The van der Waals surface area contributed by atoms with Crippen molar-refractivity contribution < 1.29 is 18.0 Å². The molecule has 0 unspecified atom stereocenters. The Balaban J connectivity index is 1.42. The van der Waals surface area contributed by atoms with E-state index in [9.17, 15) is 18.0 Å². The molecule has 0 radical (unpaired) electrons. The number of piperidine rings is 1. The van der Waals surface area contributed by atoms with Gasteiger partial charge in [0.2, 0.25) is 0 Å². The zero-order chi connectivity index (χ0) is 22.7. The van der Waals surface area contributed by atoms with E-state index in [4.69, 9.17) is 0 Å². The van der Waals surface area contributed by atoms with Crippen LogP contribution >= 0.6 is 11.3 Å². The van der Waals surface area contributed by atoms with Crippen LogP contribution in [0.5, 0.6) is 0 Å². The molecule has 1 saturated heterocycles. The highest BCUT2D eigenvalue weighted by Gasteiger charge is 2.30. The van der Waals surface area contributed by atoms with Crippen molar-refractivity contribution in [3.8, 4) is 0 Å². The Morgan fingerprint density at radius 3 is 2.62 bits per heavy atom. The van der Waals surface area contributed by atoms with Crippen LogP contribution in [0.15, 0.2) is 42.6 Å². The number of pyridine rings is 1. The van der Waals surface area contributed by atoms with E-state index in [2.05, 4.69) is 20.2 Å². The maximum Gasteiger partial charge on any atom is 0.416 e. The molecule has 0 aliphatic carbocycles. The summed E-state index contributed by atoms with van der Waals surface area (Å²) in [5.41, 5.74) is 0.905. The first-order valence-electron chi connectivity index (χ1n) is 10.4. The molecule has 0 saturated carbocycles. The molecule has 3 heterocycles. The second-order valence-electron chi connectivity index (χ2n) is 7.80. The fraction of sp³-hybridized carbons (Fsp3) is 0.348. The number of benzene rings is 1. The van der Waals surface area contributed by atoms with Crippen LogP contribution in [0.4, 0.5) is 24.0 Å². The second-order valence-corrected chi connectivity index (χ2v) is 8.89. The smallest absolute Gasteiger partial charge is 0.357 e. The fourth-order valence-electron chi connectivity index (χ4n) is 3.68. The number of hydrogen-bond acceptors (Lipinski definition) is 5. The highest BCUT2D eigenvalue weighted by Crippen LogP contribution is 2.31. The molecule has 0 spiro atoms. The van der Waals surface area contributed by atoms with Gasteiger partial charge in [0.25, 0.3) is 5.91 Å². The van der Waals surface area contributed by atoms with Gasteiger partial charge in [-0.2, -0.15) is 13.2 Å². The molecule has 168 valence electrons. The lowest BCUT2D eigenvalue weighted by molar-refractivity contribution is -0.137. The number of aromatic nitrogens is 2. The summed E-state index contributed by atoms with van der Waals surface area (Å²) in [4.78, 5) is 23.7. The van der Waals surface area contributed by atoms with Crippen LogP contribution in [0.2, 0.25) is 0 Å². The summed E-state index contributed by atoms with van der Waals surface area (Å²) in [5.74, 6) is 0.582. The minimum atomic E-state index is -4.38. The predicted octanol–water partition coefficient (Wildman–Crippen LogP) is 5.70. The van der Waals surface area contributed by atoms with Crippen molar-refractivity contribution in [2.45, 2.75) is 38.8 Å². The Morgan fingerprint density at radius 2 is 1.94 bits per heavy atom. The molecule has 0 atom stereocenters. The number of rotatable bonds is 5. The summed E-state index contributed by atoms with van der Waals surface area (Å²) < 4.78 is 38.8. The van der Waals surface area contributed by atoms with Crippen LogP contribution < -0.4 is 10.2 Å². The molecule has 3 aromatic rings. The van der Waals surface area contributed by atoms with Gasteiger partial charge in [0, 0.05) is 25.7 Å². The van der Waals surface area contributed by atoms with Crippen molar-refractivity contribution in [1.29, 1.82) is 0 Å². The summed E-state index contributed by atoms with van der Waals surface area (Å²) in [6.07, 6.45) is 0.984. The summed E-state index contributed by atoms with van der Waals surface area (Å²) >= 11 is 1.26. The monoisotopic (exact) mass is 460 g/mol. The van der Waals surface area contributed by atoms with Gasteiger partial charge in [-0.05, 0) is 49.9 Å². The van der Waals surface area contributed by atoms with Gasteiger partial charge in [-0.3, -0.25) is 4.79 Å². The van der Waals surface area contributed by atoms with Crippen molar-refractivity contribution in [3.05, 3.63) is 70.0 Å². The number of carbonyl (C=O) groups is 1. The summed E-state index contributed by atoms with van der Waals surface area (Å²) in [6, 6.07) is 8.82. The Morgan fingerprint density at radius 1 is 1.16 bits per heavy atom. The largest absolute Gasteiger partial charge is 0.416 e. The van der Waals surface area contributed by atoms with Gasteiger partial charge in [0.05, 0.1) is 21.8 Å². The predicted molar refractivity (Wildman–Crippen MR) is 119 cm³/mol. The number of nitrogens with zero attached hydrogens (tertiary/aromatic N) is 3. The average Bonchev–Trinajstić information content (AvgIpc) is 3.12. The number of aryl methyl sites for hydroxylation is 1. The number of nitrogens with one attached hydrogen (secondary N) is 1. The van der Waals surface area contributed by atoms with Gasteiger partial charge in [0.1, 0.15) is 10.8 Å². The van der Waals surface area contributed by atoms with Crippen LogP contribution in [-0.2, 0) is 12.6 Å². The molecule has 4 rings (SSSR count). The maximum absolute atomic E-state index is 12.9. The molecule has 1 aliphatic rings. The fourth-order valence-corrected chi connectivity index (χ4v) is 4.68. The van der Waals surface area contributed by atoms with Gasteiger partial charge in [-0.25, -0.2) is 9.97 Å².